The summed E-state index contributed by atoms with van der Waals surface area (Å²) >= 11 is 0. The molecule has 0 bridgehead atoms. The lowest BCUT2D eigenvalue weighted by Crippen LogP contribution is -2.45. The quantitative estimate of drug-likeness (QED) is 0.404. The Hall–Kier alpha value is -0.650. The lowest BCUT2D eigenvalue weighted by Gasteiger charge is -2.22. The van der Waals surface area contributed by atoms with E-state index in [9.17, 15) is 4.79 Å². The minimum absolute atomic E-state index is 0.0796. The third-order valence-electron chi connectivity index (χ3n) is 2.17. The first-order chi connectivity index (χ1) is 6.63. The number of nitrogens with two attached hydrogens (primary N) is 2. The van der Waals surface area contributed by atoms with Gasteiger partial charge in [-0.05, 0) is 12.8 Å². The molecule has 0 fully saturated rings. The molecule has 5 nitrogen and oxygen atoms in total. The molecule has 14 heavy (non-hydrogen) atoms. The van der Waals surface area contributed by atoms with Gasteiger partial charge in [0.1, 0.15) is 0 Å². The molecule has 0 aliphatic heterocycles. The average Bonchev–Trinajstić information content (AvgIpc) is 2.15. The summed E-state index contributed by atoms with van der Waals surface area (Å²) in [6, 6.07) is 0.122. The van der Waals surface area contributed by atoms with Crippen molar-refractivity contribution in [1.82, 2.24) is 5.32 Å². The summed E-state index contributed by atoms with van der Waals surface area (Å²) in [5, 5.41) is 12.0. The molecule has 0 aliphatic carbocycles. The number of rotatable bonds is 8. The van der Waals surface area contributed by atoms with E-state index in [1.165, 1.54) is 0 Å². The maximum Gasteiger partial charge on any atom is 0.219 e. The van der Waals surface area contributed by atoms with E-state index in [0.717, 1.165) is 6.42 Å². The first-order valence-electron chi connectivity index (χ1n) is 4.99. The highest BCUT2D eigenvalue weighted by Gasteiger charge is 2.14. The lowest BCUT2D eigenvalue weighted by atomic mass is 10.1. The highest BCUT2D eigenvalue weighted by Crippen LogP contribution is 2.00. The van der Waals surface area contributed by atoms with Crippen molar-refractivity contribution in [3.8, 4) is 0 Å². The number of aliphatic hydroxyl groups excluding tert-OH is 1. The van der Waals surface area contributed by atoms with Crippen LogP contribution in [-0.4, -0.2) is 36.2 Å². The molecule has 2 atom stereocenters. The van der Waals surface area contributed by atoms with Crippen LogP contribution >= 0.6 is 0 Å². The second-order valence-electron chi connectivity index (χ2n) is 3.39. The number of amides is 1. The van der Waals surface area contributed by atoms with E-state index in [4.69, 9.17) is 16.6 Å². The summed E-state index contributed by atoms with van der Waals surface area (Å²) in [5.41, 5.74) is 10.6. The Labute approximate surface area is 84.8 Å². The number of carbonyl (C=O) groups excluding carboxylic acids is 1. The predicted molar refractivity (Wildman–Crippen MR) is 55.6 cm³/mol. The number of hydrogen-bond donors (Lipinski definition) is 4. The van der Waals surface area contributed by atoms with Crippen LogP contribution in [0.1, 0.15) is 26.2 Å². The summed E-state index contributed by atoms with van der Waals surface area (Å²) in [4.78, 5) is 10.7. The van der Waals surface area contributed by atoms with Crippen molar-refractivity contribution < 1.29 is 9.90 Å². The number of carbonyl (C=O) groups is 1. The summed E-state index contributed by atoms with van der Waals surface area (Å²) < 4.78 is 0. The molecule has 0 aromatic rings. The Balaban J connectivity index is 3.93. The Bertz CT molecular complexity index is 164. The molecule has 1 amide bonds. The zero-order valence-electron chi connectivity index (χ0n) is 8.70. The highest BCUT2D eigenvalue weighted by atomic mass is 16.3. The van der Waals surface area contributed by atoms with Gasteiger partial charge in [-0.2, -0.15) is 0 Å². The molecule has 2 unspecified atom stereocenters. The van der Waals surface area contributed by atoms with E-state index >= 15 is 0 Å². The van der Waals surface area contributed by atoms with Gasteiger partial charge in [-0.3, -0.25) is 4.79 Å². The van der Waals surface area contributed by atoms with Gasteiger partial charge in [0.25, 0.3) is 0 Å². The second kappa shape index (κ2) is 7.73. The molecule has 0 radical (unpaired) electrons. The van der Waals surface area contributed by atoms with Crippen LogP contribution in [0.15, 0.2) is 0 Å². The van der Waals surface area contributed by atoms with Gasteiger partial charge in [0.05, 0.1) is 0 Å². The average molecular weight is 203 g/mol. The fourth-order valence-corrected chi connectivity index (χ4v) is 1.35. The van der Waals surface area contributed by atoms with Crippen LogP contribution in [0.3, 0.4) is 0 Å². The van der Waals surface area contributed by atoms with E-state index in [-0.39, 0.29) is 31.0 Å². The maximum absolute atomic E-state index is 10.7. The molecule has 84 valence electrons. The van der Waals surface area contributed by atoms with Crippen molar-refractivity contribution in [3.63, 3.8) is 0 Å². The van der Waals surface area contributed by atoms with E-state index in [0.29, 0.717) is 13.0 Å². The van der Waals surface area contributed by atoms with Gasteiger partial charge < -0.3 is 21.9 Å². The van der Waals surface area contributed by atoms with Gasteiger partial charge in [0.2, 0.25) is 5.91 Å². The van der Waals surface area contributed by atoms with Crippen molar-refractivity contribution in [2.75, 3.05) is 13.2 Å². The molecule has 0 aliphatic rings. The summed E-state index contributed by atoms with van der Waals surface area (Å²) in [6.07, 6.45) is 1.82. The number of primary amides is 1. The van der Waals surface area contributed by atoms with Crippen molar-refractivity contribution in [2.45, 2.75) is 38.3 Å². The minimum atomic E-state index is -0.355. The maximum atomic E-state index is 10.7. The molecule has 0 aromatic heterocycles. The molecule has 6 N–H and O–H groups in total. The number of hydrogen-bond acceptors (Lipinski definition) is 4. The van der Waals surface area contributed by atoms with Gasteiger partial charge in [-0.25, -0.2) is 0 Å². The Kier molecular flexibility index (Phi) is 7.37. The zero-order chi connectivity index (χ0) is 11.0. The summed E-state index contributed by atoms with van der Waals surface area (Å²) in [5.74, 6) is -0.355. The molecule has 0 heterocycles. The van der Waals surface area contributed by atoms with Crippen LogP contribution in [0.4, 0.5) is 0 Å². The van der Waals surface area contributed by atoms with Crippen LogP contribution in [0.5, 0.6) is 0 Å². The predicted octanol–water partition coefficient (Wildman–Crippen LogP) is -1.06. The van der Waals surface area contributed by atoms with E-state index < -0.39 is 0 Å². The Morgan fingerprint density at radius 3 is 2.50 bits per heavy atom. The summed E-state index contributed by atoms with van der Waals surface area (Å²) in [6.45, 7) is 2.54. The molecule has 0 saturated carbocycles. The largest absolute Gasteiger partial charge is 0.396 e. The van der Waals surface area contributed by atoms with Crippen LogP contribution in [0.2, 0.25) is 0 Å². The van der Waals surface area contributed by atoms with Crippen molar-refractivity contribution >= 4 is 5.91 Å². The second-order valence-corrected chi connectivity index (χ2v) is 3.39. The highest BCUT2D eigenvalue weighted by molar-refractivity contribution is 5.74. The summed E-state index contributed by atoms with van der Waals surface area (Å²) in [7, 11) is 0. The van der Waals surface area contributed by atoms with E-state index in [2.05, 4.69) is 5.32 Å². The molecule has 0 rings (SSSR count). The van der Waals surface area contributed by atoms with E-state index in [1.54, 1.807) is 0 Å². The van der Waals surface area contributed by atoms with Crippen LogP contribution in [0.25, 0.3) is 0 Å². The molecular formula is C9H21N3O2. The molecule has 5 heteroatoms. The third kappa shape index (κ3) is 5.90. The van der Waals surface area contributed by atoms with Crippen molar-refractivity contribution in [1.29, 1.82) is 0 Å². The Morgan fingerprint density at radius 1 is 1.50 bits per heavy atom. The Morgan fingerprint density at radius 2 is 2.14 bits per heavy atom. The van der Waals surface area contributed by atoms with Gasteiger partial charge >= 0.3 is 0 Å². The smallest absolute Gasteiger partial charge is 0.219 e. The minimum Gasteiger partial charge on any atom is -0.396 e. The normalized spacial score (nSPS) is 15.1. The van der Waals surface area contributed by atoms with Gasteiger partial charge in [0.15, 0.2) is 0 Å². The fraction of sp³-hybridized carbons (Fsp3) is 0.889. The molecular weight excluding hydrogens is 182 g/mol. The standard InChI is InChI=1S/C9H21N3O2/c1-2-7(3-4-13)12-8(6-10)5-9(11)14/h7-8,12-13H,2-6,10H2,1H3,(H2,11,14). The van der Waals surface area contributed by atoms with Crippen LogP contribution < -0.4 is 16.8 Å². The van der Waals surface area contributed by atoms with Gasteiger partial charge in [-0.1, -0.05) is 6.92 Å². The first kappa shape index (κ1) is 13.4. The monoisotopic (exact) mass is 203 g/mol. The molecule has 0 saturated heterocycles. The molecule has 0 spiro atoms. The fourth-order valence-electron chi connectivity index (χ4n) is 1.35. The van der Waals surface area contributed by atoms with Crippen LogP contribution in [0, 0.1) is 0 Å². The van der Waals surface area contributed by atoms with Gasteiger partial charge in [0, 0.05) is 31.7 Å². The number of aliphatic hydroxyl groups is 1. The van der Waals surface area contributed by atoms with Crippen molar-refractivity contribution in [3.05, 3.63) is 0 Å². The topological polar surface area (TPSA) is 101 Å². The van der Waals surface area contributed by atoms with E-state index in [1.807, 2.05) is 6.92 Å². The van der Waals surface area contributed by atoms with Crippen molar-refractivity contribution in [2.24, 2.45) is 11.5 Å². The lowest BCUT2D eigenvalue weighted by molar-refractivity contribution is -0.118. The SMILES string of the molecule is CCC(CCO)NC(CN)CC(N)=O. The zero-order valence-corrected chi connectivity index (χ0v) is 8.70. The first-order valence-corrected chi connectivity index (χ1v) is 4.99. The molecule has 0 aromatic carbocycles. The number of nitrogens with one attached hydrogen (secondary N) is 1. The van der Waals surface area contributed by atoms with Gasteiger partial charge in [-0.15, -0.1) is 0 Å². The third-order valence-corrected chi connectivity index (χ3v) is 2.17. The van der Waals surface area contributed by atoms with Crippen LogP contribution in [-0.2, 0) is 4.79 Å².